The lowest BCUT2D eigenvalue weighted by Crippen LogP contribution is -2.18. The molecule has 3 rings (SSSR count). The van der Waals surface area contributed by atoms with Gasteiger partial charge in [-0.05, 0) is 42.9 Å². The quantitative estimate of drug-likeness (QED) is 0.709. The molecule has 0 aliphatic heterocycles. The fourth-order valence-corrected chi connectivity index (χ4v) is 3.98. The number of nitrogens with zero attached hydrogens (tertiary/aromatic N) is 2. The highest BCUT2D eigenvalue weighted by Gasteiger charge is 2.15. The minimum Gasteiger partial charge on any atom is -0.496 e. The van der Waals surface area contributed by atoms with E-state index >= 15 is 0 Å². The first-order valence-electron chi connectivity index (χ1n) is 10.2. The second-order valence-electron chi connectivity index (χ2n) is 7.50. The van der Waals surface area contributed by atoms with Gasteiger partial charge in [-0.15, -0.1) is 0 Å². The molecular weight excluding hydrogens is 352 g/mol. The van der Waals surface area contributed by atoms with Gasteiger partial charge in [0.05, 0.1) is 14.2 Å². The molecule has 1 saturated carbocycles. The Kier molecular flexibility index (Phi) is 6.95. The van der Waals surface area contributed by atoms with Gasteiger partial charge in [-0.25, -0.2) is 4.98 Å². The van der Waals surface area contributed by atoms with Crippen LogP contribution in [0.15, 0.2) is 18.3 Å². The summed E-state index contributed by atoms with van der Waals surface area (Å²) in [5.41, 5.74) is 9.25. The van der Waals surface area contributed by atoms with E-state index in [-0.39, 0.29) is 0 Å². The highest BCUT2D eigenvalue weighted by atomic mass is 16.5. The van der Waals surface area contributed by atoms with Crippen LogP contribution in [0, 0.1) is 5.92 Å². The number of aromatic nitrogens is 2. The van der Waals surface area contributed by atoms with Gasteiger partial charge < -0.3 is 20.5 Å². The lowest BCUT2D eigenvalue weighted by atomic mass is 9.89. The van der Waals surface area contributed by atoms with Crippen LogP contribution in [-0.4, -0.2) is 30.7 Å². The van der Waals surface area contributed by atoms with Gasteiger partial charge in [0, 0.05) is 30.3 Å². The van der Waals surface area contributed by atoms with Crippen LogP contribution in [0.25, 0.3) is 0 Å². The minimum absolute atomic E-state index is 0.513. The molecule has 1 aromatic heterocycles. The molecule has 1 heterocycles. The summed E-state index contributed by atoms with van der Waals surface area (Å²) in [6.07, 6.45) is 9.90. The summed E-state index contributed by atoms with van der Waals surface area (Å²) in [7, 11) is 3.37. The maximum Gasteiger partial charge on any atom is 0.224 e. The zero-order valence-corrected chi connectivity index (χ0v) is 17.3. The fourth-order valence-electron chi connectivity index (χ4n) is 3.98. The Hall–Kier alpha value is -2.50. The van der Waals surface area contributed by atoms with Gasteiger partial charge in [-0.3, -0.25) is 0 Å². The van der Waals surface area contributed by atoms with Crippen LogP contribution in [0.2, 0.25) is 0 Å². The van der Waals surface area contributed by atoms with Crippen molar-refractivity contribution in [1.29, 1.82) is 0 Å². The van der Waals surface area contributed by atoms with E-state index in [1.54, 1.807) is 14.2 Å². The van der Waals surface area contributed by atoms with Gasteiger partial charge in [0.15, 0.2) is 0 Å². The number of nitrogens with one attached hydrogen (secondary N) is 1. The van der Waals surface area contributed by atoms with Gasteiger partial charge in [-0.1, -0.05) is 26.2 Å². The molecule has 2 aromatic rings. The second kappa shape index (κ2) is 9.62. The average Bonchev–Trinajstić information content (AvgIpc) is 2.74. The second-order valence-corrected chi connectivity index (χ2v) is 7.50. The van der Waals surface area contributed by atoms with E-state index < -0.39 is 0 Å². The van der Waals surface area contributed by atoms with Crippen molar-refractivity contribution in [2.45, 2.75) is 51.9 Å². The molecule has 152 valence electrons. The van der Waals surface area contributed by atoms with Crippen molar-refractivity contribution in [3.05, 3.63) is 35.0 Å². The number of nitrogen functional groups attached to an aromatic ring is 1. The summed E-state index contributed by atoms with van der Waals surface area (Å²) in [6.45, 7) is 3.01. The zero-order valence-electron chi connectivity index (χ0n) is 17.3. The van der Waals surface area contributed by atoms with Gasteiger partial charge in [-0.2, -0.15) is 4.98 Å². The number of anilines is 2. The maximum absolute atomic E-state index is 6.22. The molecule has 6 nitrogen and oxygen atoms in total. The summed E-state index contributed by atoms with van der Waals surface area (Å²) >= 11 is 0. The van der Waals surface area contributed by atoms with Crippen LogP contribution in [0.5, 0.6) is 11.5 Å². The van der Waals surface area contributed by atoms with E-state index in [1.165, 1.54) is 32.1 Å². The number of hydrogen-bond acceptors (Lipinski definition) is 6. The van der Waals surface area contributed by atoms with E-state index in [4.69, 9.17) is 15.2 Å². The van der Waals surface area contributed by atoms with Gasteiger partial charge >= 0.3 is 0 Å². The van der Waals surface area contributed by atoms with E-state index in [1.807, 2.05) is 18.3 Å². The Morgan fingerprint density at radius 2 is 1.79 bits per heavy atom. The third kappa shape index (κ3) is 4.86. The minimum atomic E-state index is 0.513. The standard InChI is InChI=1S/C22H32N4O2/c1-4-18-19(27-2)11-16(12-20(18)28-3)10-17-14-25-22(26-21(17)23)24-13-15-8-6-5-7-9-15/h11-12,14-15H,4-10,13H2,1-3H3,(H3,23,24,25,26). The first-order chi connectivity index (χ1) is 13.6. The fraction of sp³-hybridized carbons (Fsp3) is 0.545. The molecule has 6 heteroatoms. The predicted molar refractivity (Wildman–Crippen MR) is 113 cm³/mol. The van der Waals surface area contributed by atoms with Crippen molar-refractivity contribution in [3.8, 4) is 11.5 Å². The SMILES string of the molecule is CCc1c(OC)cc(Cc2cnc(NCC3CCCCC3)nc2N)cc1OC. The summed E-state index contributed by atoms with van der Waals surface area (Å²) in [6, 6.07) is 4.08. The number of rotatable bonds is 8. The number of nitrogens with two attached hydrogens (primary N) is 1. The third-order valence-corrected chi connectivity index (χ3v) is 5.59. The van der Waals surface area contributed by atoms with Crippen molar-refractivity contribution in [2.24, 2.45) is 5.92 Å². The van der Waals surface area contributed by atoms with Crippen molar-refractivity contribution in [3.63, 3.8) is 0 Å². The topological polar surface area (TPSA) is 82.3 Å². The van der Waals surface area contributed by atoms with E-state index in [9.17, 15) is 0 Å². The molecule has 1 aliphatic carbocycles. The van der Waals surface area contributed by atoms with Crippen molar-refractivity contribution in [1.82, 2.24) is 9.97 Å². The summed E-state index contributed by atoms with van der Waals surface area (Å²) in [5, 5.41) is 3.36. The zero-order chi connectivity index (χ0) is 19.9. The first-order valence-corrected chi connectivity index (χ1v) is 10.2. The molecular formula is C22H32N4O2. The normalized spacial score (nSPS) is 14.7. The third-order valence-electron chi connectivity index (χ3n) is 5.59. The highest BCUT2D eigenvalue weighted by Crippen LogP contribution is 2.32. The van der Waals surface area contributed by atoms with E-state index in [0.29, 0.717) is 18.2 Å². The molecule has 0 atom stereocenters. The first kappa shape index (κ1) is 20.2. The molecule has 0 radical (unpaired) electrons. The smallest absolute Gasteiger partial charge is 0.224 e. The van der Waals surface area contributed by atoms with Crippen LogP contribution in [0.4, 0.5) is 11.8 Å². The lowest BCUT2D eigenvalue weighted by molar-refractivity contribution is 0.373. The summed E-state index contributed by atoms with van der Waals surface area (Å²) in [5.74, 6) is 3.52. The monoisotopic (exact) mass is 384 g/mol. The number of hydrogen-bond donors (Lipinski definition) is 2. The molecule has 0 spiro atoms. The van der Waals surface area contributed by atoms with Gasteiger partial charge in [0.2, 0.25) is 5.95 Å². The Morgan fingerprint density at radius 1 is 1.11 bits per heavy atom. The Bertz CT molecular complexity index is 763. The molecule has 1 aromatic carbocycles. The van der Waals surface area contributed by atoms with Crippen molar-refractivity contribution >= 4 is 11.8 Å². The van der Waals surface area contributed by atoms with E-state index in [2.05, 4.69) is 22.2 Å². The van der Waals surface area contributed by atoms with Crippen LogP contribution in [0.1, 0.15) is 55.7 Å². The largest absolute Gasteiger partial charge is 0.496 e. The highest BCUT2D eigenvalue weighted by molar-refractivity contribution is 5.51. The van der Waals surface area contributed by atoms with Crippen LogP contribution in [-0.2, 0) is 12.8 Å². The molecule has 0 saturated heterocycles. The predicted octanol–water partition coefficient (Wildman–Crippen LogP) is 4.22. The Balaban J connectivity index is 1.70. The number of ether oxygens (including phenoxy) is 2. The molecule has 28 heavy (non-hydrogen) atoms. The van der Waals surface area contributed by atoms with E-state index in [0.717, 1.165) is 47.1 Å². The molecule has 0 unspecified atom stereocenters. The van der Waals surface area contributed by atoms with Gasteiger partial charge in [0.25, 0.3) is 0 Å². The lowest BCUT2D eigenvalue weighted by Gasteiger charge is -2.21. The number of methoxy groups -OCH3 is 2. The van der Waals surface area contributed by atoms with Gasteiger partial charge in [0.1, 0.15) is 17.3 Å². The van der Waals surface area contributed by atoms with Crippen molar-refractivity contribution < 1.29 is 9.47 Å². The summed E-state index contributed by atoms with van der Waals surface area (Å²) in [4.78, 5) is 8.94. The molecule has 0 bridgehead atoms. The van der Waals surface area contributed by atoms with Crippen LogP contribution < -0.4 is 20.5 Å². The van der Waals surface area contributed by atoms with Crippen molar-refractivity contribution in [2.75, 3.05) is 31.8 Å². The molecule has 1 fully saturated rings. The average molecular weight is 385 g/mol. The maximum atomic E-state index is 6.22. The molecule has 3 N–H and O–H groups in total. The Labute approximate surface area is 167 Å². The van der Waals surface area contributed by atoms with Crippen LogP contribution in [0.3, 0.4) is 0 Å². The summed E-state index contributed by atoms with van der Waals surface area (Å²) < 4.78 is 11.1. The van der Waals surface area contributed by atoms with Crippen LogP contribution >= 0.6 is 0 Å². The Morgan fingerprint density at radius 3 is 2.36 bits per heavy atom. The molecule has 1 aliphatic rings. The number of benzene rings is 1. The molecule has 0 amide bonds.